The van der Waals surface area contributed by atoms with Crippen LogP contribution < -0.4 is 4.74 Å². The molecule has 110 valence electrons. The number of hydrogen-bond donors (Lipinski definition) is 0. The minimum atomic E-state index is -0.520. The van der Waals surface area contributed by atoms with Crippen molar-refractivity contribution in [3.05, 3.63) is 29.6 Å². The zero-order chi connectivity index (χ0) is 14.9. The standard InChI is InChI=1S/C16H22FNO2/c1-16(2,3)11-7-8-18(10-11)15(19)13-6-5-12(20-4)9-14(13)17/h5-6,9,11H,7-8,10H2,1-4H3. The number of methoxy groups -OCH3 is 1. The largest absolute Gasteiger partial charge is 0.497 e. The number of amides is 1. The molecular weight excluding hydrogens is 257 g/mol. The van der Waals surface area contributed by atoms with Gasteiger partial charge in [-0.3, -0.25) is 4.79 Å². The normalized spacial score (nSPS) is 19.2. The highest BCUT2D eigenvalue weighted by molar-refractivity contribution is 5.94. The summed E-state index contributed by atoms with van der Waals surface area (Å²) in [5.74, 6) is 0.145. The number of rotatable bonds is 2. The maximum Gasteiger partial charge on any atom is 0.256 e. The second kappa shape index (κ2) is 5.43. The first-order valence-electron chi connectivity index (χ1n) is 6.95. The Morgan fingerprint density at radius 2 is 2.10 bits per heavy atom. The van der Waals surface area contributed by atoms with Crippen molar-refractivity contribution in [1.82, 2.24) is 4.90 Å². The number of hydrogen-bond acceptors (Lipinski definition) is 2. The maximum absolute atomic E-state index is 13.9. The van der Waals surface area contributed by atoms with Gasteiger partial charge in [-0.25, -0.2) is 4.39 Å². The van der Waals surface area contributed by atoms with E-state index in [-0.39, 0.29) is 16.9 Å². The Kier molecular flexibility index (Phi) is 4.02. The smallest absolute Gasteiger partial charge is 0.256 e. The van der Waals surface area contributed by atoms with Crippen molar-refractivity contribution < 1.29 is 13.9 Å². The monoisotopic (exact) mass is 279 g/mol. The topological polar surface area (TPSA) is 29.5 Å². The summed E-state index contributed by atoms with van der Waals surface area (Å²) in [6, 6.07) is 4.37. The summed E-state index contributed by atoms with van der Waals surface area (Å²) in [5.41, 5.74) is 0.299. The Morgan fingerprint density at radius 3 is 2.60 bits per heavy atom. The SMILES string of the molecule is COc1ccc(C(=O)N2CCC(C(C)(C)C)C2)c(F)c1. The first-order valence-corrected chi connectivity index (χ1v) is 6.95. The second-order valence-corrected chi connectivity index (χ2v) is 6.45. The van der Waals surface area contributed by atoms with E-state index in [2.05, 4.69) is 20.8 Å². The number of nitrogens with zero attached hydrogens (tertiary/aromatic N) is 1. The van der Waals surface area contributed by atoms with Crippen LogP contribution in [0.1, 0.15) is 37.6 Å². The van der Waals surface area contributed by atoms with Gasteiger partial charge in [0.15, 0.2) is 0 Å². The fraction of sp³-hybridized carbons (Fsp3) is 0.562. The van der Waals surface area contributed by atoms with Crippen molar-refractivity contribution in [2.45, 2.75) is 27.2 Å². The molecule has 20 heavy (non-hydrogen) atoms. The maximum atomic E-state index is 13.9. The number of benzene rings is 1. The third kappa shape index (κ3) is 2.94. The van der Waals surface area contributed by atoms with E-state index in [1.807, 2.05) is 0 Å². The van der Waals surface area contributed by atoms with Gasteiger partial charge in [-0.15, -0.1) is 0 Å². The molecule has 2 rings (SSSR count). The molecule has 0 N–H and O–H groups in total. The van der Waals surface area contributed by atoms with E-state index in [1.54, 1.807) is 11.0 Å². The summed E-state index contributed by atoms with van der Waals surface area (Å²) >= 11 is 0. The number of carbonyl (C=O) groups is 1. The van der Waals surface area contributed by atoms with E-state index >= 15 is 0 Å². The molecule has 0 spiro atoms. The number of halogens is 1. The van der Waals surface area contributed by atoms with Crippen LogP contribution in [0, 0.1) is 17.2 Å². The quantitative estimate of drug-likeness (QED) is 0.831. The number of ether oxygens (including phenoxy) is 1. The lowest BCUT2D eigenvalue weighted by Gasteiger charge is -2.27. The zero-order valence-corrected chi connectivity index (χ0v) is 12.6. The minimum absolute atomic E-state index is 0.125. The highest BCUT2D eigenvalue weighted by atomic mass is 19.1. The highest BCUT2D eigenvalue weighted by Gasteiger charge is 2.34. The molecule has 1 fully saturated rings. The summed E-state index contributed by atoms with van der Waals surface area (Å²) < 4.78 is 18.9. The molecule has 0 aliphatic carbocycles. The van der Waals surface area contributed by atoms with Gasteiger partial charge in [0.25, 0.3) is 5.91 Å². The van der Waals surface area contributed by atoms with Crippen molar-refractivity contribution in [2.75, 3.05) is 20.2 Å². The van der Waals surface area contributed by atoms with Crippen LogP contribution in [0.2, 0.25) is 0 Å². The average Bonchev–Trinajstić information content (AvgIpc) is 2.87. The van der Waals surface area contributed by atoms with Crippen LogP contribution in [0.3, 0.4) is 0 Å². The van der Waals surface area contributed by atoms with Gasteiger partial charge in [-0.05, 0) is 29.9 Å². The van der Waals surface area contributed by atoms with E-state index in [4.69, 9.17) is 4.74 Å². The van der Waals surface area contributed by atoms with Crippen molar-refractivity contribution in [1.29, 1.82) is 0 Å². The number of likely N-dealkylation sites (tertiary alicyclic amines) is 1. The zero-order valence-electron chi connectivity index (χ0n) is 12.6. The Bertz CT molecular complexity index is 508. The van der Waals surface area contributed by atoms with Crippen LogP contribution in [0.5, 0.6) is 5.75 Å². The van der Waals surface area contributed by atoms with E-state index in [0.29, 0.717) is 24.8 Å². The molecule has 0 radical (unpaired) electrons. The van der Waals surface area contributed by atoms with Crippen molar-refractivity contribution in [3.8, 4) is 5.75 Å². The van der Waals surface area contributed by atoms with Gasteiger partial charge in [-0.2, -0.15) is 0 Å². The predicted molar refractivity (Wildman–Crippen MR) is 76.4 cm³/mol. The number of carbonyl (C=O) groups excluding carboxylic acids is 1. The van der Waals surface area contributed by atoms with Crippen LogP contribution in [0.4, 0.5) is 4.39 Å². The van der Waals surface area contributed by atoms with Gasteiger partial charge in [-0.1, -0.05) is 20.8 Å². The third-order valence-electron chi connectivity index (χ3n) is 4.11. The molecule has 0 saturated carbocycles. The second-order valence-electron chi connectivity index (χ2n) is 6.45. The van der Waals surface area contributed by atoms with Crippen LogP contribution in [0.15, 0.2) is 18.2 Å². The van der Waals surface area contributed by atoms with Gasteiger partial charge < -0.3 is 9.64 Å². The van der Waals surface area contributed by atoms with Gasteiger partial charge in [0.1, 0.15) is 11.6 Å². The summed E-state index contributed by atoms with van der Waals surface area (Å²) in [6.45, 7) is 7.94. The minimum Gasteiger partial charge on any atom is -0.497 e. The Labute approximate surface area is 119 Å². The molecule has 1 heterocycles. The molecular formula is C16H22FNO2. The van der Waals surface area contributed by atoms with Gasteiger partial charge in [0.2, 0.25) is 0 Å². The fourth-order valence-electron chi connectivity index (χ4n) is 2.62. The molecule has 1 amide bonds. The Hall–Kier alpha value is -1.58. The van der Waals surface area contributed by atoms with Crippen LogP contribution >= 0.6 is 0 Å². The lowest BCUT2D eigenvalue weighted by Crippen LogP contribution is -2.31. The fourth-order valence-corrected chi connectivity index (χ4v) is 2.62. The molecule has 1 atom stereocenters. The first kappa shape index (κ1) is 14.8. The lowest BCUT2D eigenvalue weighted by molar-refractivity contribution is 0.0772. The molecule has 1 aromatic carbocycles. The van der Waals surface area contributed by atoms with Crippen LogP contribution in [-0.4, -0.2) is 31.0 Å². The van der Waals surface area contributed by atoms with Crippen molar-refractivity contribution >= 4 is 5.91 Å². The van der Waals surface area contributed by atoms with Crippen LogP contribution in [0.25, 0.3) is 0 Å². The van der Waals surface area contributed by atoms with E-state index in [0.717, 1.165) is 6.42 Å². The van der Waals surface area contributed by atoms with E-state index in [1.165, 1.54) is 19.2 Å². The Balaban J connectivity index is 2.13. The molecule has 1 unspecified atom stereocenters. The molecule has 0 bridgehead atoms. The summed E-state index contributed by atoms with van der Waals surface area (Å²) in [7, 11) is 1.48. The summed E-state index contributed by atoms with van der Waals surface area (Å²) in [4.78, 5) is 14.1. The first-order chi connectivity index (χ1) is 9.32. The summed E-state index contributed by atoms with van der Waals surface area (Å²) in [6.07, 6.45) is 0.979. The van der Waals surface area contributed by atoms with E-state index < -0.39 is 5.82 Å². The van der Waals surface area contributed by atoms with Gasteiger partial charge >= 0.3 is 0 Å². The highest BCUT2D eigenvalue weighted by Crippen LogP contribution is 2.34. The predicted octanol–water partition coefficient (Wildman–Crippen LogP) is 3.34. The molecule has 1 aromatic rings. The third-order valence-corrected chi connectivity index (χ3v) is 4.11. The lowest BCUT2D eigenvalue weighted by atomic mass is 9.80. The molecule has 3 nitrogen and oxygen atoms in total. The molecule has 1 aliphatic heterocycles. The van der Waals surface area contributed by atoms with Gasteiger partial charge in [0, 0.05) is 19.2 Å². The van der Waals surface area contributed by atoms with Crippen molar-refractivity contribution in [2.24, 2.45) is 11.3 Å². The average molecular weight is 279 g/mol. The summed E-state index contributed by atoms with van der Waals surface area (Å²) in [5, 5.41) is 0. The van der Waals surface area contributed by atoms with Crippen molar-refractivity contribution in [3.63, 3.8) is 0 Å². The van der Waals surface area contributed by atoms with E-state index in [9.17, 15) is 9.18 Å². The molecule has 1 aliphatic rings. The molecule has 1 saturated heterocycles. The van der Waals surface area contributed by atoms with Gasteiger partial charge in [0.05, 0.1) is 12.7 Å². The molecule has 0 aromatic heterocycles. The Morgan fingerprint density at radius 1 is 1.40 bits per heavy atom. The van der Waals surface area contributed by atoms with Crippen LogP contribution in [-0.2, 0) is 0 Å². The molecule has 4 heteroatoms.